The first kappa shape index (κ1) is 15.8. The second-order valence-electron chi connectivity index (χ2n) is 5.44. The minimum absolute atomic E-state index is 0.0882. The van der Waals surface area contributed by atoms with Crippen LogP contribution in [0.3, 0.4) is 0 Å². The number of rotatable bonds is 5. The molecular formula is C17H20ClFN2. The second kappa shape index (κ2) is 6.92. The lowest BCUT2D eigenvalue weighted by Crippen LogP contribution is -2.19. The third kappa shape index (κ3) is 4.45. The molecule has 2 nitrogen and oxygen atoms in total. The van der Waals surface area contributed by atoms with Gasteiger partial charge in [-0.2, -0.15) is 0 Å². The monoisotopic (exact) mass is 306 g/mol. The van der Waals surface area contributed by atoms with Crippen molar-refractivity contribution in [1.29, 1.82) is 0 Å². The minimum atomic E-state index is -0.218. The topological polar surface area (TPSA) is 29.3 Å². The number of benzene rings is 2. The van der Waals surface area contributed by atoms with Crippen molar-refractivity contribution < 1.29 is 4.39 Å². The van der Waals surface area contributed by atoms with E-state index in [4.69, 9.17) is 17.3 Å². The molecule has 1 atom stereocenters. The predicted molar refractivity (Wildman–Crippen MR) is 87.3 cm³/mol. The Hall–Kier alpha value is -1.58. The predicted octanol–water partition coefficient (Wildman–Crippen LogP) is 4.01. The molecule has 0 saturated heterocycles. The van der Waals surface area contributed by atoms with Crippen molar-refractivity contribution in [2.75, 3.05) is 11.9 Å². The van der Waals surface area contributed by atoms with Gasteiger partial charge < -0.3 is 10.6 Å². The molecule has 0 aromatic heterocycles. The summed E-state index contributed by atoms with van der Waals surface area (Å²) in [7, 11) is 1.99. The van der Waals surface area contributed by atoms with E-state index in [1.807, 2.05) is 32.2 Å². The molecule has 0 spiro atoms. The molecule has 112 valence electrons. The largest absolute Gasteiger partial charge is 0.370 e. The van der Waals surface area contributed by atoms with Crippen molar-refractivity contribution in [1.82, 2.24) is 0 Å². The zero-order chi connectivity index (χ0) is 15.4. The van der Waals surface area contributed by atoms with Crippen LogP contribution in [0.15, 0.2) is 42.5 Å². The molecule has 0 bridgehead atoms. The van der Waals surface area contributed by atoms with Gasteiger partial charge in [0.05, 0.1) is 0 Å². The number of anilines is 1. The summed E-state index contributed by atoms with van der Waals surface area (Å²) in [5, 5.41) is 0.732. The lowest BCUT2D eigenvalue weighted by molar-refractivity contribution is 0.627. The quantitative estimate of drug-likeness (QED) is 0.904. The average Bonchev–Trinajstić information content (AvgIpc) is 2.43. The SMILES string of the molecule is CC(N)Cc1ccc(N(C)Cc2ccc(F)cc2)cc1Cl. The minimum Gasteiger partial charge on any atom is -0.370 e. The molecular weight excluding hydrogens is 287 g/mol. The highest BCUT2D eigenvalue weighted by Gasteiger charge is 2.08. The van der Waals surface area contributed by atoms with Crippen molar-refractivity contribution in [2.45, 2.75) is 25.9 Å². The maximum absolute atomic E-state index is 12.9. The van der Waals surface area contributed by atoms with E-state index in [-0.39, 0.29) is 11.9 Å². The van der Waals surface area contributed by atoms with Crippen LogP contribution < -0.4 is 10.6 Å². The van der Waals surface area contributed by atoms with Crippen molar-refractivity contribution >= 4 is 17.3 Å². The number of halogens is 2. The number of nitrogens with zero attached hydrogens (tertiary/aromatic N) is 1. The van der Waals surface area contributed by atoms with Crippen LogP contribution in [0.2, 0.25) is 5.02 Å². The Morgan fingerprint density at radius 1 is 1.19 bits per heavy atom. The molecule has 0 amide bonds. The summed E-state index contributed by atoms with van der Waals surface area (Å²) in [6.45, 7) is 2.66. The van der Waals surface area contributed by atoms with E-state index >= 15 is 0 Å². The summed E-state index contributed by atoms with van der Waals surface area (Å²) >= 11 is 6.31. The lowest BCUT2D eigenvalue weighted by Gasteiger charge is -2.20. The molecule has 4 heteroatoms. The molecule has 0 fully saturated rings. The Kier molecular flexibility index (Phi) is 5.21. The van der Waals surface area contributed by atoms with E-state index < -0.39 is 0 Å². The second-order valence-corrected chi connectivity index (χ2v) is 5.85. The first-order valence-electron chi connectivity index (χ1n) is 6.95. The number of nitrogens with two attached hydrogens (primary N) is 1. The highest BCUT2D eigenvalue weighted by Crippen LogP contribution is 2.25. The van der Waals surface area contributed by atoms with Crippen molar-refractivity contribution in [3.05, 3.63) is 64.4 Å². The molecule has 1 unspecified atom stereocenters. The Balaban J connectivity index is 2.10. The van der Waals surface area contributed by atoms with Crippen LogP contribution in [0, 0.1) is 5.82 Å². The fraction of sp³-hybridized carbons (Fsp3) is 0.294. The highest BCUT2D eigenvalue weighted by atomic mass is 35.5. The zero-order valence-electron chi connectivity index (χ0n) is 12.3. The van der Waals surface area contributed by atoms with E-state index in [1.165, 1.54) is 12.1 Å². The number of hydrogen-bond donors (Lipinski definition) is 1. The van der Waals surface area contributed by atoms with Gasteiger partial charge in [0.1, 0.15) is 5.82 Å². The maximum atomic E-state index is 12.9. The van der Waals surface area contributed by atoms with Gasteiger partial charge in [-0.15, -0.1) is 0 Å². The van der Waals surface area contributed by atoms with Crippen molar-refractivity contribution in [3.8, 4) is 0 Å². The summed E-state index contributed by atoms with van der Waals surface area (Å²) in [6, 6.07) is 12.6. The van der Waals surface area contributed by atoms with Crippen LogP contribution in [0.4, 0.5) is 10.1 Å². The molecule has 0 radical (unpaired) electrons. The van der Waals surface area contributed by atoms with Crippen LogP contribution in [0.5, 0.6) is 0 Å². The van der Waals surface area contributed by atoms with Gasteiger partial charge in [-0.3, -0.25) is 0 Å². The first-order valence-corrected chi connectivity index (χ1v) is 7.33. The molecule has 2 aromatic rings. The molecule has 0 saturated carbocycles. The molecule has 2 N–H and O–H groups in total. The summed E-state index contributed by atoms with van der Waals surface area (Å²) in [5.74, 6) is -0.218. The fourth-order valence-corrected chi connectivity index (χ4v) is 2.49. The van der Waals surface area contributed by atoms with Crippen LogP contribution in [-0.4, -0.2) is 13.1 Å². The van der Waals surface area contributed by atoms with Gasteiger partial charge in [0.2, 0.25) is 0 Å². The van der Waals surface area contributed by atoms with E-state index in [9.17, 15) is 4.39 Å². The van der Waals surface area contributed by atoms with Gasteiger partial charge in [0.25, 0.3) is 0 Å². The maximum Gasteiger partial charge on any atom is 0.123 e. The van der Waals surface area contributed by atoms with E-state index in [2.05, 4.69) is 4.90 Å². The zero-order valence-corrected chi connectivity index (χ0v) is 13.1. The lowest BCUT2D eigenvalue weighted by atomic mass is 10.1. The summed E-state index contributed by atoms with van der Waals surface area (Å²) < 4.78 is 12.9. The van der Waals surface area contributed by atoms with Gasteiger partial charge in [-0.1, -0.05) is 29.8 Å². The van der Waals surface area contributed by atoms with Crippen LogP contribution in [-0.2, 0) is 13.0 Å². The Morgan fingerprint density at radius 3 is 2.43 bits per heavy atom. The van der Waals surface area contributed by atoms with Crippen LogP contribution >= 0.6 is 11.6 Å². The summed E-state index contributed by atoms with van der Waals surface area (Å²) in [6.07, 6.45) is 0.765. The van der Waals surface area contributed by atoms with E-state index in [0.717, 1.165) is 28.3 Å². The first-order chi connectivity index (χ1) is 9.95. The third-order valence-corrected chi connectivity index (χ3v) is 3.70. The van der Waals surface area contributed by atoms with Gasteiger partial charge in [-0.05, 0) is 48.7 Å². The van der Waals surface area contributed by atoms with Crippen LogP contribution in [0.1, 0.15) is 18.1 Å². The van der Waals surface area contributed by atoms with Crippen molar-refractivity contribution in [2.24, 2.45) is 5.73 Å². The molecule has 2 aromatic carbocycles. The number of hydrogen-bond acceptors (Lipinski definition) is 2. The van der Waals surface area contributed by atoms with E-state index in [0.29, 0.717) is 6.54 Å². The van der Waals surface area contributed by atoms with Gasteiger partial charge >= 0.3 is 0 Å². The smallest absolute Gasteiger partial charge is 0.123 e. The highest BCUT2D eigenvalue weighted by molar-refractivity contribution is 6.31. The fourth-order valence-electron chi connectivity index (χ4n) is 2.24. The molecule has 21 heavy (non-hydrogen) atoms. The van der Waals surface area contributed by atoms with Crippen LogP contribution in [0.25, 0.3) is 0 Å². The normalized spacial score (nSPS) is 12.2. The molecule has 0 aliphatic rings. The van der Waals surface area contributed by atoms with Gasteiger partial charge in [0, 0.05) is 30.3 Å². The Morgan fingerprint density at radius 2 is 1.86 bits per heavy atom. The Bertz CT molecular complexity index is 596. The van der Waals surface area contributed by atoms with E-state index in [1.54, 1.807) is 12.1 Å². The Labute approximate surface area is 130 Å². The standard InChI is InChI=1S/C17H20ClFN2/c1-12(20)9-14-5-8-16(10-17(14)18)21(2)11-13-3-6-15(19)7-4-13/h3-8,10,12H,9,11,20H2,1-2H3. The van der Waals surface area contributed by atoms with Crippen molar-refractivity contribution in [3.63, 3.8) is 0 Å². The summed E-state index contributed by atoms with van der Waals surface area (Å²) in [4.78, 5) is 2.08. The molecule has 2 rings (SSSR count). The van der Waals surface area contributed by atoms with Gasteiger partial charge in [-0.25, -0.2) is 4.39 Å². The molecule has 0 heterocycles. The summed E-state index contributed by atoms with van der Waals surface area (Å²) in [5.41, 5.74) is 8.94. The molecule has 0 aliphatic heterocycles. The van der Waals surface area contributed by atoms with Gasteiger partial charge in [0.15, 0.2) is 0 Å². The molecule has 0 aliphatic carbocycles. The third-order valence-electron chi connectivity index (χ3n) is 3.35. The average molecular weight is 307 g/mol.